The summed E-state index contributed by atoms with van der Waals surface area (Å²) < 4.78 is 1.57. The summed E-state index contributed by atoms with van der Waals surface area (Å²) in [4.78, 5) is 29.8. The van der Waals surface area contributed by atoms with Crippen LogP contribution in [0.15, 0.2) is 66.7 Å². The second kappa shape index (κ2) is 11.0. The summed E-state index contributed by atoms with van der Waals surface area (Å²) in [6, 6.07) is 19.0. The lowest BCUT2D eigenvalue weighted by Crippen LogP contribution is -2.48. The molecule has 1 saturated carbocycles. The number of anilines is 1. The van der Waals surface area contributed by atoms with Crippen LogP contribution < -0.4 is 10.2 Å². The van der Waals surface area contributed by atoms with Gasteiger partial charge in [0, 0.05) is 11.7 Å². The van der Waals surface area contributed by atoms with Gasteiger partial charge in [-0.1, -0.05) is 66.4 Å². The summed E-state index contributed by atoms with van der Waals surface area (Å²) in [5.41, 5.74) is 4.66. The van der Waals surface area contributed by atoms with E-state index >= 15 is 0 Å². The molecule has 0 saturated heterocycles. The number of phenolic OH excluding ortho intramolecular Hbond substituents is 1. The Morgan fingerprint density at radius 2 is 1.76 bits per heavy atom. The van der Waals surface area contributed by atoms with Crippen LogP contribution in [0.1, 0.15) is 54.8 Å². The molecular weight excluding hydrogens is 478 g/mol. The van der Waals surface area contributed by atoms with Crippen LogP contribution in [-0.4, -0.2) is 38.0 Å². The molecule has 4 aromatic rings. The molecule has 0 aliphatic heterocycles. The number of fused-ring (bicyclic) bond motifs is 1. The third-order valence-electron chi connectivity index (χ3n) is 7.25. The first kappa shape index (κ1) is 25.4. The van der Waals surface area contributed by atoms with Crippen LogP contribution in [0.2, 0.25) is 0 Å². The van der Waals surface area contributed by atoms with Crippen molar-refractivity contribution >= 4 is 28.5 Å². The number of aryl methyl sites for hydroxylation is 2. The van der Waals surface area contributed by atoms with Crippen LogP contribution >= 0.6 is 0 Å². The van der Waals surface area contributed by atoms with E-state index in [9.17, 15) is 14.7 Å². The summed E-state index contributed by atoms with van der Waals surface area (Å²) in [6.45, 7) is 3.86. The lowest BCUT2D eigenvalue weighted by molar-refractivity contribution is -0.127. The fourth-order valence-corrected chi connectivity index (χ4v) is 5.33. The van der Waals surface area contributed by atoms with Crippen molar-refractivity contribution < 1.29 is 14.7 Å². The van der Waals surface area contributed by atoms with Gasteiger partial charge in [-0.15, -0.1) is 5.10 Å². The predicted molar refractivity (Wildman–Crippen MR) is 147 cm³/mol. The fraction of sp³-hybridized carbons (Fsp3) is 0.333. The third-order valence-corrected chi connectivity index (χ3v) is 7.25. The number of aromatic hydroxyl groups is 1. The van der Waals surface area contributed by atoms with Gasteiger partial charge in [-0.2, -0.15) is 0 Å². The average molecular weight is 512 g/mol. The molecule has 1 aliphatic rings. The van der Waals surface area contributed by atoms with Crippen LogP contribution in [-0.2, 0) is 16.1 Å². The van der Waals surface area contributed by atoms with Crippen LogP contribution in [0.25, 0.3) is 11.0 Å². The molecule has 0 radical (unpaired) electrons. The number of hydrogen-bond acceptors (Lipinski definition) is 5. The molecule has 8 heteroatoms. The summed E-state index contributed by atoms with van der Waals surface area (Å²) >= 11 is 0. The van der Waals surface area contributed by atoms with Crippen molar-refractivity contribution in [1.82, 2.24) is 20.3 Å². The molecular formula is C30H33N5O3. The molecule has 0 bridgehead atoms. The number of carbonyl (C=O) groups excluding carboxylic acids is 2. The van der Waals surface area contributed by atoms with Crippen molar-refractivity contribution in [1.29, 1.82) is 0 Å². The fourth-order valence-electron chi connectivity index (χ4n) is 5.33. The van der Waals surface area contributed by atoms with Crippen molar-refractivity contribution in [3.8, 4) is 5.75 Å². The van der Waals surface area contributed by atoms with Crippen molar-refractivity contribution in [2.45, 2.75) is 64.6 Å². The van der Waals surface area contributed by atoms with E-state index in [0.717, 1.165) is 42.3 Å². The molecule has 196 valence electrons. The van der Waals surface area contributed by atoms with E-state index in [1.54, 1.807) is 33.8 Å². The van der Waals surface area contributed by atoms with Gasteiger partial charge in [-0.05, 0) is 68.1 Å². The molecule has 1 aliphatic carbocycles. The van der Waals surface area contributed by atoms with E-state index in [0.29, 0.717) is 16.8 Å². The van der Waals surface area contributed by atoms with E-state index < -0.39 is 6.04 Å². The highest BCUT2D eigenvalue weighted by Gasteiger charge is 2.35. The van der Waals surface area contributed by atoms with Crippen molar-refractivity contribution in [2.24, 2.45) is 0 Å². The Labute approximate surface area is 222 Å². The lowest BCUT2D eigenvalue weighted by atomic mass is 9.94. The van der Waals surface area contributed by atoms with Gasteiger partial charge in [-0.25, -0.2) is 4.68 Å². The van der Waals surface area contributed by atoms with Crippen LogP contribution in [0.4, 0.5) is 5.69 Å². The molecule has 0 spiro atoms. The Balaban J connectivity index is 1.58. The van der Waals surface area contributed by atoms with Gasteiger partial charge in [0.15, 0.2) is 0 Å². The van der Waals surface area contributed by atoms with E-state index in [1.807, 2.05) is 56.3 Å². The van der Waals surface area contributed by atoms with E-state index in [1.165, 1.54) is 6.42 Å². The Bertz CT molecular complexity index is 1440. The molecule has 3 aromatic carbocycles. The standard InChI is InChI=1S/C30H33N5O3/c1-20-12-17-26(21(2)18-20)35(28(37)19-34-27-11-7-6-10-25(27)32-33-34)29(22-13-15-24(36)16-14-22)30(38)31-23-8-4-3-5-9-23/h6-7,10-18,23,29,36H,3-5,8-9,19H2,1-2H3,(H,31,38)/t29-/m1/s1. The van der Waals surface area contributed by atoms with Gasteiger partial charge in [-0.3, -0.25) is 14.5 Å². The Morgan fingerprint density at radius 3 is 2.50 bits per heavy atom. The normalized spacial score (nSPS) is 14.8. The molecule has 2 amide bonds. The van der Waals surface area contributed by atoms with Crippen molar-refractivity contribution in [3.05, 3.63) is 83.4 Å². The summed E-state index contributed by atoms with van der Waals surface area (Å²) in [5, 5.41) is 21.6. The van der Waals surface area contributed by atoms with E-state index in [2.05, 4.69) is 15.6 Å². The molecule has 2 N–H and O–H groups in total. The smallest absolute Gasteiger partial charge is 0.249 e. The van der Waals surface area contributed by atoms with Crippen LogP contribution in [0.5, 0.6) is 5.75 Å². The second-order valence-corrected chi connectivity index (χ2v) is 10.1. The summed E-state index contributed by atoms with van der Waals surface area (Å²) in [6.07, 6.45) is 5.18. The van der Waals surface area contributed by atoms with Crippen molar-refractivity contribution in [2.75, 3.05) is 4.90 Å². The molecule has 8 nitrogen and oxygen atoms in total. The number of phenols is 1. The maximum atomic E-state index is 14.2. The zero-order chi connectivity index (χ0) is 26.6. The highest BCUT2D eigenvalue weighted by molar-refractivity contribution is 6.02. The minimum absolute atomic E-state index is 0.0752. The number of aromatic nitrogens is 3. The minimum atomic E-state index is -0.929. The number of nitrogens with one attached hydrogen (secondary N) is 1. The zero-order valence-electron chi connectivity index (χ0n) is 21.8. The highest BCUT2D eigenvalue weighted by atomic mass is 16.3. The zero-order valence-corrected chi connectivity index (χ0v) is 21.8. The summed E-state index contributed by atoms with van der Waals surface area (Å²) in [5.74, 6) is -0.428. The minimum Gasteiger partial charge on any atom is -0.508 e. The SMILES string of the molecule is Cc1ccc(N(C(=O)Cn2nnc3ccccc32)[C@@H](C(=O)NC2CCCCC2)c2ccc(O)cc2)c(C)c1. The molecule has 1 heterocycles. The Hall–Kier alpha value is -4.20. The lowest BCUT2D eigenvalue weighted by Gasteiger charge is -2.34. The van der Waals surface area contributed by atoms with E-state index in [4.69, 9.17) is 0 Å². The Kier molecular flexibility index (Phi) is 7.40. The number of hydrogen-bond donors (Lipinski definition) is 2. The number of para-hydroxylation sites is 1. The summed E-state index contributed by atoms with van der Waals surface area (Å²) in [7, 11) is 0. The van der Waals surface area contributed by atoms with Gasteiger partial charge in [0.05, 0.1) is 5.52 Å². The van der Waals surface area contributed by atoms with E-state index in [-0.39, 0.29) is 30.2 Å². The molecule has 1 aromatic heterocycles. The first-order chi connectivity index (χ1) is 18.4. The largest absolute Gasteiger partial charge is 0.508 e. The molecule has 1 fully saturated rings. The van der Waals surface area contributed by atoms with Crippen molar-refractivity contribution in [3.63, 3.8) is 0 Å². The number of carbonyl (C=O) groups is 2. The number of nitrogens with zero attached hydrogens (tertiary/aromatic N) is 4. The Morgan fingerprint density at radius 1 is 1.03 bits per heavy atom. The molecule has 5 rings (SSSR count). The maximum Gasteiger partial charge on any atom is 0.249 e. The third kappa shape index (κ3) is 5.39. The average Bonchev–Trinajstić information content (AvgIpc) is 3.31. The molecule has 1 atom stereocenters. The topological polar surface area (TPSA) is 100 Å². The quantitative estimate of drug-likeness (QED) is 0.365. The number of amides is 2. The van der Waals surface area contributed by atoms with Gasteiger partial charge in [0.1, 0.15) is 23.9 Å². The first-order valence-electron chi connectivity index (χ1n) is 13.2. The molecule has 38 heavy (non-hydrogen) atoms. The highest BCUT2D eigenvalue weighted by Crippen LogP contribution is 2.33. The van der Waals surface area contributed by atoms with Crippen LogP contribution in [0.3, 0.4) is 0 Å². The first-order valence-corrected chi connectivity index (χ1v) is 13.2. The number of benzene rings is 3. The molecule has 0 unspecified atom stereocenters. The van der Waals surface area contributed by atoms with Gasteiger partial charge in [0.25, 0.3) is 0 Å². The number of rotatable bonds is 7. The monoisotopic (exact) mass is 511 g/mol. The van der Waals surface area contributed by atoms with Crippen LogP contribution in [0, 0.1) is 13.8 Å². The van der Waals surface area contributed by atoms with Gasteiger partial charge >= 0.3 is 0 Å². The van der Waals surface area contributed by atoms with Gasteiger partial charge in [0.2, 0.25) is 11.8 Å². The predicted octanol–water partition coefficient (Wildman–Crippen LogP) is 4.98. The second-order valence-electron chi connectivity index (χ2n) is 10.1. The van der Waals surface area contributed by atoms with Gasteiger partial charge < -0.3 is 10.4 Å². The maximum absolute atomic E-state index is 14.2.